The van der Waals surface area contributed by atoms with Gasteiger partial charge in [-0.05, 0) is 47.0 Å². The first-order chi connectivity index (χ1) is 18.6. The summed E-state index contributed by atoms with van der Waals surface area (Å²) < 4.78 is 15.0. The predicted octanol–water partition coefficient (Wildman–Crippen LogP) is 5.88. The summed E-state index contributed by atoms with van der Waals surface area (Å²) >= 11 is 0. The summed E-state index contributed by atoms with van der Waals surface area (Å²) in [5.41, 5.74) is 4.20. The molecule has 5 rings (SSSR count). The molecule has 4 aromatic rings. The van der Waals surface area contributed by atoms with Crippen LogP contribution in [0.5, 0.6) is 0 Å². The van der Waals surface area contributed by atoms with Crippen LogP contribution in [0.4, 0.5) is 25.4 Å². The Balaban J connectivity index is 1.24. The van der Waals surface area contributed by atoms with Gasteiger partial charge in [-0.2, -0.15) is 0 Å². The lowest BCUT2D eigenvalue weighted by Crippen LogP contribution is -2.39. The van der Waals surface area contributed by atoms with Crippen molar-refractivity contribution >= 4 is 23.4 Å². The first kappa shape index (κ1) is 24.7. The highest BCUT2D eigenvalue weighted by atomic mass is 19.1. The van der Waals surface area contributed by atoms with E-state index in [0.29, 0.717) is 24.9 Å². The van der Waals surface area contributed by atoms with Gasteiger partial charge in [0.05, 0.1) is 6.54 Å². The topological polar surface area (TPSA) is 65.5 Å². The fraction of sp³-hybridized carbons (Fsp3) is 0.129. The number of rotatable bonds is 5. The van der Waals surface area contributed by atoms with Crippen LogP contribution in [0, 0.1) is 17.7 Å². The van der Waals surface area contributed by atoms with Crippen molar-refractivity contribution in [1.82, 2.24) is 9.88 Å². The fourth-order valence-corrected chi connectivity index (χ4v) is 4.26. The average molecular weight is 505 g/mol. The molecule has 6 nitrogen and oxygen atoms in total. The van der Waals surface area contributed by atoms with Crippen LogP contribution in [-0.2, 0) is 12.8 Å². The lowest BCUT2D eigenvalue weighted by molar-refractivity contribution is 0.209. The van der Waals surface area contributed by atoms with Gasteiger partial charge >= 0.3 is 12.1 Å². The molecule has 38 heavy (non-hydrogen) atoms. The molecule has 1 aromatic heterocycles. The van der Waals surface area contributed by atoms with Gasteiger partial charge in [0.25, 0.3) is 0 Å². The number of carbonyl (C=O) groups excluding carboxylic acids is 2. The Morgan fingerprint density at radius 2 is 1.71 bits per heavy atom. The van der Waals surface area contributed by atoms with Gasteiger partial charge in [0.1, 0.15) is 5.82 Å². The molecule has 3 aromatic carbocycles. The smallest absolute Gasteiger partial charge is 0.307 e. The van der Waals surface area contributed by atoms with Crippen molar-refractivity contribution in [2.45, 2.75) is 12.8 Å². The zero-order valence-corrected chi connectivity index (χ0v) is 20.6. The summed E-state index contributed by atoms with van der Waals surface area (Å²) in [6.45, 7) is 0.641. The minimum Gasteiger partial charge on any atom is -0.307 e. The van der Waals surface area contributed by atoms with Crippen molar-refractivity contribution in [1.29, 1.82) is 0 Å². The summed E-state index contributed by atoms with van der Waals surface area (Å²) in [5, 5.41) is 2.64. The molecule has 7 heteroatoms. The lowest BCUT2D eigenvalue weighted by Gasteiger charge is -2.18. The molecule has 1 aliphatic heterocycles. The molecule has 1 aliphatic rings. The Morgan fingerprint density at radius 3 is 2.47 bits per heavy atom. The maximum Gasteiger partial charge on any atom is 0.332 e. The normalized spacial score (nSPS) is 12.7. The van der Waals surface area contributed by atoms with Crippen LogP contribution < -0.4 is 10.2 Å². The largest absolute Gasteiger partial charge is 0.332 e. The molecule has 0 atom stereocenters. The van der Waals surface area contributed by atoms with E-state index in [4.69, 9.17) is 0 Å². The number of imide groups is 1. The first-order valence-electron chi connectivity index (χ1n) is 12.3. The molecule has 1 saturated heterocycles. The molecule has 0 spiro atoms. The van der Waals surface area contributed by atoms with E-state index < -0.39 is 17.9 Å². The number of carbonyl (C=O) groups is 2. The monoisotopic (exact) mass is 504 g/mol. The van der Waals surface area contributed by atoms with Gasteiger partial charge in [0, 0.05) is 48.7 Å². The van der Waals surface area contributed by atoms with Crippen molar-refractivity contribution in [3.63, 3.8) is 0 Å². The number of amides is 4. The third kappa shape index (κ3) is 5.71. The van der Waals surface area contributed by atoms with Gasteiger partial charge in [-0.3, -0.25) is 9.88 Å². The van der Waals surface area contributed by atoms with Crippen molar-refractivity contribution < 1.29 is 14.0 Å². The van der Waals surface area contributed by atoms with Gasteiger partial charge in [0.2, 0.25) is 0 Å². The zero-order chi connectivity index (χ0) is 26.3. The number of para-hydroxylation sites is 1. The summed E-state index contributed by atoms with van der Waals surface area (Å²) in [5.74, 6) is 5.87. The summed E-state index contributed by atoms with van der Waals surface area (Å²) in [6, 6.07) is 24.5. The van der Waals surface area contributed by atoms with Crippen LogP contribution in [-0.4, -0.2) is 35.0 Å². The highest BCUT2D eigenvalue weighted by molar-refractivity contribution is 6.08. The van der Waals surface area contributed by atoms with E-state index in [1.54, 1.807) is 24.5 Å². The van der Waals surface area contributed by atoms with E-state index in [2.05, 4.69) is 22.1 Å². The number of urea groups is 2. The first-order valence-corrected chi connectivity index (χ1v) is 12.3. The fourth-order valence-electron chi connectivity index (χ4n) is 4.26. The standard InChI is InChI=1S/C31H25FN4O2/c32-29-21-27(34-30(37)36-19-18-35(31(36)38)28-12-5-2-6-13-28)15-14-25(29)20-24-16-17-33-22-26(24)11-7-10-23-8-3-1-4-9-23/h1-6,8-9,12-17,21-22H,10,18-20H2,(H,34,37). The van der Waals surface area contributed by atoms with Crippen molar-refractivity contribution in [2.75, 3.05) is 23.3 Å². The number of halogens is 1. The Bertz CT molecular complexity index is 1510. The minimum atomic E-state index is -0.592. The predicted molar refractivity (Wildman–Crippen MR) is 145 cm³/mol. The summed E-state index contributed by atoms with van der Waals surface area (Å²) in [7, 11) is 0. The molecule has 1 N–H and O–H groups in total. The van der Waals surface area contributed by atoms with Crippen LogP contribution in [0.25, 0.3) is 0 Å². The van der Waals surface area contributed by atoms with E-state index in [9.17, 15) is 9.59 Å². The van der Waals surface area contributed by atoms with Gasteiger partial charge in [-0.1, -0.05) is 66.4 Å². The molecule has 0 unspecified atom stereocenters. The molecule has 0 bridgehead atoms. The minimum absolute atomic E-state index is 0.246. The van der Waals surface area contributed by atoms with Crippen molar-refractivity contribution in [3.8, 4) is 11.8 Å². The van der Waals surface area contributed by atoms with E-state index in [0.717, 1.165) is 27.3 Å². The molecule has 0 radical (unpaired) electrons. The van der Waals surface area contributed by atoms with Crippen LogP contribution in [0.1, 0.15) is 22.3 Å². The Morgan fingerprint density at radius 1 is 0.947 bits per heavy atom. The van der Waals surface area contributed by atoms with Crippen LogP contribution in [0.15, 0.2) is 97.3 Å². The van der Waals surface area contributed by atoms with E-state index in [1.165, 1.54) is 11.0 Å². The van der Waals surface area contributed by atoms with E-state index >= 15 is 4.39 Å². The second-order valence-corrected chi connectivity index (χ2v) is 8.83. The molecule has 0 saturated carbocycles. The lowest BCUT2D eigenvalue weighted by atomic mass is 10.0. The van der Waals surface area contributed by atoms with E-state index in [-0.39, 0.29) is 12.2 Å². The third-order valence-electron chi connectivity index (χ3n) is 6.28. The number of aromatic nitrogens is 1. The Kier molecular flexibility index (Phi) is 7.42. The third-order valence-corrected chi connectivity index (χ3v) is 6.28. The number of hydrogen-bond acceptors (Lipinski definition) is 3. The van der Waals surface area contributed by atoms with Crippen LogP contribution >= 0.6 is 0 Å². The average Bonchev–Trinajstić information content (AvgIpc) is 3.33. The SMILES string of the molecule is O=C(Nc1ccc(Cc2ccncc2C#CCc2ccccc2)c(F)c1)N1CCN(c2ccccc2)C1=O. The molecule has 1 fully saturated rings. The number of hydrogen-bond donors (Lipinski definition) is 1. The molecular weight excluding hydrogens is 479 g/mol. The Labute approximate surface area is 220 Å². The number of nitrogens with one attached hydrogen (secondary N) is 1. The Hall–Kier alpha value is -4.96. The number of benzene rings is 3. The molecule has 4 amide bonds. The zero-order valence-electron chi connectivity index (χ0n) is 20.6. The van der Waals surface area contributed by atoms with E-state index in [1.807, 2.05) is 66.7 Å². The van der Waals surface area contributed by atoms with Gasteiger partial charge in [-0.25, -0.2) is 18.9 Å². The van der Waals surface area contributed by atoms with Crippen molar-refractivity contribution in [2.24, 2.45) is 0 Å². The summed E-state index contributed by atoms with van der Waals surface area (Å²) in [4.78, 5) is 32.3. The van der Waals surface area contributed by atoms with Gasteiger partial charge < -0.3 is 5.32 Å². The number of anilines is 2. The highest BCUT2D eigenvalue weighted by Crippen LogP contribution is 2.22. The maximum absolute atomic E-state index is 15.0. The number of nitrogens with zero attached hydrogens (tertiary/aromatic N) is 3. The number of pyridine rings is 1. The molecule has 188 valence electrons. The van der Waals surface area contributed by atoms with Crippen LogP contribution in [0.2, 0.25) is 0 Å². The van der Waals surface area contributed by atoms with Gasteiger partial charge in [0.15, 0.2) is 0 Å². The maximum atomic E-state index is 15.0. The highest BCUT2D eigenvalue weighted by Gasteiger charge is 2.34. The quantitative estimate of drug-likeness (QED) is 0.345. The molecule has 2 heterocycles. The summed E-state index contributed by atoms with van der Waals surface area (Å²) in [6.07, 6.45) is 4.29. The van der Waals surface area contributed by atoms with Crippen LogP contribution in [0.3, 0.4) is 0 Å². The second kappa shape index (κ2) is 11.4. The van der Waals surface area contributed by atoms with Gasteiger partial charge in [-0.15, -0.1) is 0 Å². The van der Waals surface area contributed by atoms with Crippen molar-refractivity contribution in [3.05, 3.63) is 125 Å². The molecule has 0 aliphatic carbocycles. The second-order valence-electron chi connectivity index (χ2n) is 8.83. The molecular formula is C31H25FN4O2.